The predicted molar refractivity (Wildman–Crippen MR) is 203 cm³/mol. The highest BCUT2D eigenvalue weighted by Crippen LogP contribution is 2.42. The molecule has 2 heteroatoms. The number of aryl methyl sites for hydroxylation is 1. The van der Waals surface area contributed by atoms with Crippen molar-refractivity contribution in [2.75, 3.05) is 5.32 Å². The van der Waals surface area contributed by atoms with Crippen LogP contribution in [0.3, 0.4) is 0 Å². The third kappa shape index (κ3) is 4.48. The average molecular weight is 611 g/mol. The smallest absolute Gasteiger partial charge is 0.0998 e. The van der Waals surface area contributed by atoms with Crippen molar-refractivity contribution in [3.05, 3.63) is 169 Å². The molecular formula is C46H30N2. The minimum atomic E-state index is 0.694. The molecule has 0 heterocycles. The van der Waals surface area contributed by atoms with E-state index in [1.165, 1.54) is 70.9 Å². The number of hydrogen-bond donors (Lipinski definition) is 1. The van der Waals surface area contributed by atoms with Gasteiger partial charge in [-0.2, -0.15) is 5.26 Å². The topological polar surface area (TPSA) is 35.8 Å². The lowest BCUT2D eigenvalue weighted by molar-refractivity contribution is 1.44. The Kier molecular flexibility index (Phi) is 6.45. The van der Waals surface area contributed by atoms with Crippen LogP contribution in [0.2, 0.25) is 0 Å². The maximum atomic E-state index is 9.80. The van der Waals surface area contributed by atoms with Gasteiger partial charge in [0.15, 0.2) is 0 Å². The highest BCUT2D eigenvalue weighted by molar-refractivity contribution is 6.26. The average Bonchev–Trinajstić information content (AvgIpc) is 3.14. The zero-order valence-corrected chi connectivity index (χ0v) is 26.5. The van der Waals surface area contributed by atoms with Crippen molar-refractivity contribution in [1.82, 2.24) is 0 Å². The van der Waals surface area contributed by atoms with Crippen molar-refractivity contribution in [3.8, 4) is 39.4 Å². The number of nitrogens with zero attached hydrogens (tertiary/aromatic N) is 1. The third-order valence-corrected chi connectivity index (χ3v) is 9.77. The molecule has 0 fully saturated rings. The highest BCUT2D eigenvalue weighted by atomic mass is 14.9. The lowest BCUT2D eigenvalue weighted by Crippen LogP contribution is -1.96. The Hall–Kier alpha value is -6.43. The fourth-order valence-electron chi connectivity index (χ4n) is 7.51. The molecule has 0 saturated heterocycles. The molecule has 0 aliphatic heterocycles. The van der Waals surface area contributed by atoms with Gasteiger partial charge in [-0.3, -0.25) is 0 Å². The quantitative estimate of drug-likeness (QED) is 0.197. The van der Waals surface area contributed by atoms with Gasteiger partial charge in [-0.15, -0.1) is 0 Å². The normalized spacial score (nSPS) is 11.4. The summed E-state index contributed by atoms with van der Waals surface area (Å²) in [7, 11) is 0. The Morgan fingerprint density at radius 1 is 0.479 bits per heavy atom. The zero-order valence-electron chi connectivity index (χ0n) is 26.5. The fourth-order valence-corrected chi connectivity index (χ4v) is 7.51. The summed E-state index contributed by atoms with van der Waals surface area (Å²) in [6.07, 6.45) is 0. The molecule has 0 unspecified atom stereocenters. The summed E-state index contributed by atoms with van der Waals surface area (Å²) in [6, 6.07) is 58.5. The minimum absolute atomic E-state index is 0.694. The molecule has 224 valence electrons. The lowest BCUT2D eigenvalue weighted by Gasteiger charge is -2.17. The van der Waals surface area contributed by atoms with Crippen LogP contribution < -0.4 is 5.32 Å². The molecular weight excluding hydrogens is 581 g/mol. The van der Waals surface area contributed by atoms with Gasteiger partial charge in [-0.1, -0.05) is 121 Å². The molecule has 9 aromatic carbocycles. The van der Waals surface area contributed by atoms with E-state index in [-0.39, 0.29) is 0 Å². The van der Waals surface area contributed by atoms with Gasteiger partial charge < -0.3 is 5.32 Å². The number of hydrogen-bond acceptors (Lipinski definition) is 2. The number of rotatable bonds is 5. The summed E-state index contributed by atoms with van der Waals surface area (Å²) in [5, 5.41) is 23.4. The summed E-state index contributed by atoms with van der Waals surface area (Å²) in [4.78, 5) is 0. The molecule has 0 aromatic heterocycles. The van der Waals surface area contributed by atoms with Gasteiger partial charge in [0.25, 0.3) is 0 Å². The first kappa shape index (κ1) is 27.8. The Bertz CT molecular complexity index is 2690. The summed E-state index contributed by atoms with van der Waals surface area (Å²) in [5.41, 5.74) is 11.0. The number of nitrogens with one attached hydrogen (secondary N) is 1. The highest BCUT2D eigenvalue weighted by Gasteiger charge is 2.16. The second kappa shape index (κ2) is 11.1. The van der Waals surface area contributed by atoms with Crippen LogP contribution >= 0.6 is 0 Å². The van der Waals surface area contributed by atoms with Gasteiger partial charge >= 0.3 is 0 Å². The van der Waals surface area contributed by atoms with Crippen LogP contribution in [0.4, 0.5) is 11.4 Å². The Labute approximate surface area is 279 Å². The number of anilines is 2. The van der Waals surface area contributed by atoms with Gasteiger partial charge in [0.05, 0.1) is 11.6 Å². The first-order valence-electron chi connectivity index (χ1n) is 16.3. The largest absolute Gasteiger partial charge is 0.355 e. The standard InChI is InChI=1S/C46H30N2/c1-29-8-6-15-43(44(29)41-14-7-11-31-9-2-4-12-38(31)41)48-37-22-18-30(19-23-37)36-26-33-17-16-32-20-24-40(39-13-5-3-10-35(39)28-47)42-25-21-34(27-36)45(33)46(32)42/h2-27,48H,1H3. The predicted octanol–water partition coefficient (Wildman–Crippen LogP) is 12.7. The van der Waals surface area contributed by atoms with Crippen LogP contribution in [0.25, 0.3) is 76.5 Å². The molecule has 9 aromatic rings. The van der Waals surface area contributed by atoms with Crippen molar-refractivity contribution in [3.63, 3.8) is 0 Å². The van der Waals surface area contributed by atoms with Gasteiger partial charge in [-0.05, 0) is 114 Å². The summed E-state index contributed by atoms with van der Waals surface area (Å²) >= 11 is 0. The number of fused-ring (bicyclic) bond motifs is 1. The van der Waals surface area contributed by atoms with Crippen molar-refractivity contribution >= 4 is 54.5 Å². The van der Waals surface area contributed by atoms with Crippen LogP contribution in [0.1, 0.15) is 11.1 Å². The van der Waals surface area contributed by atoms with E-state index in [9.17, 15) is 5.26 Å². The van der Waals surface area contributed by atoms with Crippen molar-refractivity contribution in [1.29, 1.82) is 5.26 Å². The maximum Gasteiger partial charge on any atom is 0.0998 e. The molecule has 2 nitrogen and oxygen atoms in total. The van der Waals surface area contributed by atoms with Crippen LogP contribution in [0.5, 0.6) is 0 Å². The van der Waals surface area contributed by atoms with E-state index in [0.717, 1.165) is 22.5 Å². The lowest BCUT2D eigenvalue weighted by atomic mass is 9.87. The fraction of sp³-hybridized carbons (Fsp3) is 0.0217. The molecule has 1 N–H and O–H groups in total. The number of nitriles is 1. The van der Waals surface area contributed by atoms with Crippen LogP contribution in [0.15, 0.2) is 158 Å². The summed E-state index contributed by atoms with van der Waals surface area (Å²) in [6.45, 7) is 2.18. The van der Waals surface area contributed by atoms with Gasteiger partial charge in [-0.25, -0.2) is 0 Å². The second-order valence-electron chi connectivity index (χ2n) is 12.6. The van der Waals surface area contributed by atoms with Crippen molar-refractivity contribution in [2.24, 2.45) is 0 Å². The van der Waals surface area contributed by atoms with Gasteiger partial charge in [0, 0.05) is 22.5 Å². The summed E-state index contributed by atoms with van der Waals surface area (Å²) < 4.78 is 0. The van der Waals surface area contributed by atoms with Crippen molar-refractivity contribution < 1.29 is 0 Å². The minimum Gasteiger partial charge on any atom is -0.355 e. The molecule has 9 rings (SSSR count). The molecule has 0 atom stereocenters. The Morgan fingerprint density at radius 2 is 1.17 bits per heavy atom. The van der Waals surface area contributed by atoms with Gasteiger partial charge in [0.1, 0.15) is 0 Å². The van der Waals surface area contributed by atoms with E-state index in [0.29, 0.717) is 5.56 Å². The summed E-state index contributed by atoms with van der Waals surface area (Å²) in [5.74, 6) is 0. The monoisotopic (exact) mass is 610 g/mol. The van der Waals surface area contributed by atoms with Crippen molar-refractivity contribution in [2.45, 2.75) is 6.92 Å². The van der Waals surface area contributed by atoms with E-state index in [4.69, 9.17) is 0 Å². The van der Waals surface area contributed by atoms with E-state index >= 15 is 0 Å². The van der Waals surface area contributed by atoms with Gasteiger partial charge in [0.2, 0.25) is 0 Å². The molecule has 0 aliphatic carbocycles. The van der Waals surface area contributed by atoms with E-state index in [2.05, 4.69) is 152 Å². The van der Waals surface area contributed by atoms with E-state index in [1.807, 2.05) is 24.3 Å². The van der Waals surface area contributed by atoms with E-state index < -0.39 is 0 Å². The SMILES string of the molecule is Cc1cccc(Nc2ccc(-c3cc4ccc5ccc(-c6ccccc6C#N)c6ccc(c3)c4c56)cc2)c1-c1cccc2ccccc12. The van der Waals surface area contributed by atoms with Crippen LogP contribution in [0, 0.1) is 18.3 Å². The molecule has 0 bridgehead atoms. The van der Waals surface area contributed by atoms with Crippen LogP contribution in [-0.4, -0.2) is 0 Å². The Balaban J connectivity index is 1.09. The zero-order chi connectivity index (χ0) is 32.2. The molecule has 0 aliphatic rings. The van der Waals surface area contributed by atoms with Crippen LogP contribution in [-0.2, 0) is 0 Å². The Morgan fingerprint density at radius 3 is 2.02 bits per heavy atom. The molecule has 48 heavy (non-hydrogen) atoms. The third-order valence-electron chi connectivity index (χ3n) is 9.77. The molecule has 0 spiro atoms. The first-order chi connectivity index (χ1) is 23.7. The molecule has 0 radical (unpaired) electrons. The van der Waals surface area contributed by atoms with E-state index in [1.54, 1.807) is 0 Å². The molecule has 0 saturated carbocycles. The molecule has 0 amide bonds. The number of benzene rings is 9. The maximum absolute atomic E-state index is 9.80. The second-order valence-corrected chi connectivity index (χ2v) is 12.6. The first-order valence-corrected chi connectivity index (χ1v) is 16.3.